The molecule has 2 atom stereocenters. The molecule has 4 bridgehead atoms. The van der Waals surface area contributed by atoms with Crippen molar-refractivity contribution in [2.45, 2.75) is 43.7 Å². The van der Waals surface area contributed by atoms with Crippen LogP contribution in [-0.4, -0.2) is 36.9 Å². The van der Waals surface area contributed by atoms with Gasteiger partial charge in [-0.3, -0.25) is 0 Å². The van der Waals surface area contributed by atoms with Gasteiger partial charge in [0, 0.05) is 23.8 Å². The quantitative estimate of drug-likeness (QED) is 0.671. The smallest absolute Gasteiger partial charge is 0.261 e. The molecule has 7 rings (SSSR count). The average molecular weight is 351 g/mol. The number of hydrogen-bond donors (Lipinski definition) is 3. The van der Waals surface area contributed by atoms with Crippen LogP contribution in [0.2, 0.25) is 0 Å². The lowest BCUT2D eigenvalue weighted by atomic mass is 9.52. The minimum absolute atomic E-state index is 0.369. The lowest BCUT2D eigenvalue weighted by Crippen LogP contribution is -2.59. The Hall–Kier alpha value is -2.41. The summed E-state index contributed by atoms with van der Waals surface area (Å²) in [6.45, 7) is 0. The normalized spacial score (nSPS) is 35.3. The van der Waals surface area contributed by atoms with Crippen molar-refractivity contribution in [3.05, 3.63) is 24.8 Å². The van der Waals surface area contributed by atoms with Crippen molar-refractivity contribution in [3.8, 4) is 11.5 Å². The highest BCUT2D eigenvalue weighted by molar-refractivity contribution is 5.97. The fraction of sp³-hybridized carbons (Fsp3) is 0.526. The van der Waals surface area contributed by atoms with E-state index in [0.717, 1.165) is 41.5 Å². The maximum atomic E-state index is 10.9. The highest BCUT2D eigenvalue weighted by Gasteiger charge is 2.54. The lowest BCUT2D eigenvalue weighted by Gasteiger charge is -2.58. The van der Waals surface area contributed by atoms with Crippen LogP contribution in [0.25, 0.3) is 22.5 Å². The number of aliphatic hydroxyl groups is 1. The molecule has 0 spiro atoms. The second kappa shape index (κ2) is 5.07. The summed E-state index contributed by atoms with van der Waals surface area (Å²) in [7, 11) is 0. The van der Waals surface area contributed by atoms with E-state index in [-0.39, 0.29) is 0 Å². The summed E-state index contributed by atoms with van der Waals surface area (Å²) in [5.74, 6) is 2.20. The molecule has 3 aromatic rings. The molecule has 7 nitrogen and oxygen atoms in total. The van der Waals surface area contributed by atoms with Gasteiger partial charge in [0.05, 0.1) is 16.9 Å². The fourth-order valence-corrected chi connectivity index (χ4v) is 6.00. The molecule has 3 N–H and O–H groups in total. The van der Waals surface area contributed by atoms with E-state index in [0.29, 0.717) is 29.7 Å². The summed E-state index contributed by atoms with van der Waals surface area (Å²) < 4.78 is 5.32. The van der Waals surface area contributed by atoms with Crippen molar-refractivity contribution < 1.29 is 9.63 Å². The van der Waals surface area contributed by atoms with Crippen molar-refractivity contribution in [3.63, 3.8) is 0 Å². The second-order valence-corrected chi connectivity index (χ2v) is 8.40. The Morgan fingerprint density at radius 2 is 2.04 bits per heavy atom. The number of pyridine rings is 1. The highest BCUT2D eigenvalue weighted by Crippen LogP contribution is 2.56. The fourth-order valence-electron chi connectivity index (χ4n) is 6.00. The molecule has 26 heavy (non-hydrogen) atoms. The first-order valence-electron chi connectivity index (χ1n) is 9.41. The Morgan fingerprint density at radius 1 is 1.19 bits per heavy atom. The minimum Gasteiger partial charge on any atom is -0.390 e. The van der Waals surface area contributed by atoms with Crippen molar-refractivity contribution in [2.24, 2.45) is 17.8 Å². The molecule has 3 aromatic heterocycles. The van der Waals surface area contributed by atoms with Gasteiger partial charge >= 0.3 is 0 Å². The molecule has 7 heteroatoms. The molecule has 0 radical (unpaired) electrons. The molecular weight excluding hydrogens is 330 g/mol. The van der Waals surface area contributed by atoms with E-state index >= 15 is 0 Å². The molecule has 0 saturated heterocycles. The highest BCUT2D eigenvalue weighted by atomic mass is 16.5. The van der Waals surface area contributed by atoms with E-state index in [4.69, 9.17) is 4.52 Å². The summed E-state index contributed by atoms with van der Waals surface area (Å²) in [4.78, 5) is 11.9. The molecule has 0 aromatic carbocycles. The standard InChI is InChI=1S/C19H21N5O2/c25-19-5-10-3-11(6-19)15(12(4-10)7-19)24-16-13-1-2-20-17(13)21-8-14(16)18-22-9-23-26-18/h1-2,8-12,15,25H,3-7H2,(H2,20,21,24). The summed E-state index contributed by atoms with van der Waals surface area (Å²) in [5.41, 5.74) is 2.26. The maximum Gasteiger partial charge on any atom is 0.261 e. The Kier molecular flexibility index (Phi) is 2.87. The van der Waals surface area contributed by atoms with Crippen LogP contribution in [0, 0.1) is 17.8 Å². The number of H-pyrrole nitrogens is 1. The van der Waals surface area contributed by atoms with Crippen LogP contribution in [0.3, 0.4) is 0 Å². The first-order chi connectivity index (χ1) is 12.7. The summed E-state index contributed by atoms with van der Waals surface area (Å²) in [5, 5.41) is 19.5. The van der Waals surface area contributed by atoms with Crippen molar-refractivity contribution in [1.29, 1.82) is 0 Å². The van der Waals surface area contributed by atoms with E-state index in [1.807, 2.05) is 12.3 Å². The number of anilines is 1. The first-order valence-corrected chi connectivity index (χ1v) is 9.41. The molecule has 4 aliphatic carbocycles. The predicted molar refractivity (Wildman–Crippen MR) is 95.3 cm³/mol. The Morgan fingerprint density at radius 3 is 2.77 bits per heavy atom. The number of aromatic nitrogens is 4. The van der Waals surface area contributed by atoms with Crippen LogP contribution in [0.5, 0.6) is 0 Å². The predicted octanol–water partition coefficient (Wildman–Crippen LogP) is 2.96. The van der Waals surface area contributed by atoms with Gasteiger partial charge < -0.3 is 19.9 Å². The van der Waals surface area contributed by atoms with Gasteiger partial charge in [0.2, 0.25) is 0 Å². The van der Waals surface area contributed by atoms with Crippen molar-refractivity contribution in [2.75, 3.05) is 5.32 Å². The van der Waals surface area contributed by atoms with Crippen molar-refractivity contribution >= 4 is 16.7 Å². The van der Waals surface area contributed by atoms with Crippen LogP contribution in [-0.2, 0) is 0 Å². The zero-order valence-corrected chi connectivity index (χ0v) is 14.4. The molecule has 0 aliphatic heterocycles. The van der Waals surface area contributed by atoms with Crippen molar-refractivity contribution in [1.82, 2.24) is 20.1 Å². The average Bonchev–Trinajstić information content (AvgIpc) is 3.27. The summed E-state index contributed by atoms with van der Waals surface area (Å²) in [6.07, 6.45) is 10.4. The maximum absolute atomic E-state index is 10.9. The molecule has 134 valence electrons. The lowest BCUT2D eigenvalue weighted by molar-refractivity contribution is -0.129. The number of nitrogens with zero attached hydrogens (tertiary/aromatic N) is 3. The topological polar surface area (TPSA) is 99.9 Å². The van der Waals surface area contributed by atoms with Crippen LogP contribution in [0.15, 0.2) is 29.3 Å². The minimum atomic E-state index is -0.425. The van der Waals surface area contributed by atoms with Crippen LogP contribution in [0.4, 0.5) is 5.69 Å². The molecular formula is C19H21N5O2. The Bertz CT molecular complexity index is 950. The van der Waals surface area contributed by atoms with Gasteiger partial charge in [0.1, 0.15) is 5.65 Å². The SMILES string of the molecule is OC12CC3CC(C1)C(Nc1c(-c4ncno4)cnc4[nH]ccc14)C(C3)C2. The van der Waals surface area contributed by atoms with E-state index in [1.54, 1.807) is 6.20 Å². The summed E-state index contributed by atoms with van der Waals surface area (Å²) in [6, 6.07) is 2.41. The van der Waals surface area contributed by atoms with Gasteiger partial charge in [-0.2, -0.15) is 4.98 Å². The van der Waals surface area contributed by atoms with Crippen LogP contribution in [0.1, 0.15) is 32.1 Å². The zero-order chi connectivity index (χ0) is 17.3. The number of fused-ring (bicyclic) bond motifs is 1. The van der Waals surface area contributed by atoms with E-state index in [2.05, 4.69) is 25.4 Å². The van der Waals surface area contributed by atoms with Gasteiger partial charge in [-0.05, 0) is 55.9 Å². The first kappa shape index (κ1) is 14.7. The summed E-state index contributed by atoms with van der Waals surface area (Å²) >= 11 is 0. The third kappa shape index (κ3) is 2.06. The van der Waals surface area contributed by atoms with E-state index in [1.165, 1.54) is 19.2 Å². The number of nitrogens with one attached hydrogen (secondary N) is 2. The van der Waals surface area contributed by atoms with Gasteiger partial charge in [0.25, 0.3) is 5.89 Å². The van der Waals surface area contributed by atoms with Gasteiger partial charge in [0.15, 0.2) is 6.33 Å². The van der Waals surface area contributed by atoms with E-state index < -0.39 is 5.60 Å². The zero-order valence-electron chi connectivity index (χ0n) is 14.4. The number of aromatic amines is 1. The Balaban J connectivity index is 1.43. The molecule has 3 heterocycles. The van der Waals surface area contributed by atoms with Gasteiger partial charge in [-0.15, -0.1) is 0 Å². The molecule has 4 fully saturated rings. The molecule has 2 unspecified atom stereocenters. The molecule has 0 amide bonds. The number of hydrogen-bond acceptors (Lipinski definition) is 6. The Labute approximate surface area is 150 Å². The number of rotatable bonds is 3. The third-order valence-corrected chi connectivity index (χ3v) is 6.73. The van der Waals surface area contributed by atoms with Gasteiger partial charge in [-0.25, -0.2) is 4.98 Å². The monoisotopic (exact) mass is 351 g/mol. The molecule has 4 saturated carbocycles. The largest absolute Gasteiger partial charge is 0.390 e. The van der Waals surface area contributed by atoms with E-state index in [9.17, 15) is 5.11 Å². The molecule has 4 aliphatic rings. The van der Waals surface area contributed by atoms with Crippen LogP contribution >= 0.6 is 0 Å². The van der Waals surface area contributed by atoms with Crippen LogP contribution < -0.4 is 5.32 Å². The third-order valence-electron chi connectivity index (χ3n) is 6.73. The van der Waals surface area contributed by atoms with Gasteiger partial charge in [-0.1, -0.05) is 5.16 Å². The second-order valence-electron chi connectivity index (χ2n) is 8.40.